The molecule has 2 rings (SSSR count). The molecule has 2 aromatic carbocycles. The lowest BCUT2D eigenvalue weighted by Crippen LogP contribution is -2.19. The molecule has 2 aromatic rings. The Morgan fingerprint density at radius 2 is 1.80 bits per heavy atom. The molecule has 0 aliphatic heterocycles. The zero-order valence-corrected chi connectivity index (χ0v) is 12.8. The molecule has 0 saturated carbocycles. The van der Waals surface area contributed by atoms with E-state index in [1.54, 1.807) is 18.2 Å². The van der Waals surface area contributed by atoms with Gasteiger partial charge in [0.1, 0.15) is 5.25 Å². The molecular formula is C15H12Cl2O2S. The Kier molecular flexibility index (Phi) is 5.35. The molecule has 1 N–H and O–H groups in total. The van der Waals surface area contributed by atoms with Gasteiger partial charge in [0.05, 0.1) is 10.0 Å². The van der Waals surface area contributed by atoms with E-state index in [0.717, 1.165) is 10.5 Å². The first-order valence-corrected chi connectivity index (χ1v) is 7.59. The third kappa shape index (κ3) is 3.92. The van der Waals surface area contributed by atoms with E-state index in [-0.39, 0.29) is 0 Å². The standard InChI is InChI=1S/C15H12Cl2O2S/c16-12-8-4-5-10(14(12)17)9-13(15(18)19)20-11-6-2-1-3-7-11/h1-8,13H,9H2,(H,18,19)/t13-/m1/s1. The number of carbonyl (C=O) groups is 1. The summed E-state index contributed by atoms with van der Waals surface area (Å²) in [6, 6.07) is 14.7. The van der Waals surface area contributed by atoms with Crippen molar-refractivity contribution in [3.8, 4) is 0 Å². The van der Waals surface area contributed by atoms with Crippen LogP contribution in [0.2, 0.25) is 10.0 Å². The average Bonchev–Trinajstić information content (AvgIpc) is 2.44. The zero-order chi connectivity index (χ0) is 14.5. The van der Waals surface area contributed by atoms with Crippen LogP contribution in [0.3, 0.4) is 0 Å². The van der Waals surface area contributed by atoms with Gasteiger partial charge in [-0.15, -0.1) is 11.8 Å². The Morgan fingerprint density at radius 3 is 2.45 bits per heavy atom. The van der Waals surface area contributed by atoms with Gasteiger partial charge < -0.3 is 5.11 Å². The predicted molar refractivity (Wildman–Crippen MR) is 83.9 cm³/mol. The van der Waals surface area contributed by atoms with Crippen LogP contribution >= 0.6 is 35.0 Å². The summed E-state index contributed by atoms with van der Waals surface area (Å²) in [5, 5.41) is 9.62. The summed E-state index contributed by atoms with van der Waals surface area (Å²) in [5.74, 6) is -0.866. The van der Waals surface area contributed by atoms with E-state index in [1.807, 2.05) is 30.3 Å². The Balaban J connectivity index is 2.18. The van der Waals surface area contributed by atoms with Crippen molar-refractivity contribution in [1.29, 1.82) is 0 Å². The van der Waals surface area contributed by atoms with Crippen molar-refractivity contribution in [3.63, 3.8) is 0 Å². The monoisotopic (exact) mass is 326 g/mol. The first-order valence-electron chi connectivity index (χ1n) is 5.95. The maximum atomic E-state index is 11.4. The number of rotatable bonds is 5. The summed E-state index contributed by atoms with van der Waals surface area (Å²) in [6.07, 6.45) is 0.328. The van der Waals surface area contributed by atoms with Gasteiger partial charge in [0.2, 0.25) is 0 Å². The molecule has 2 nitrogen and oxygen atoms in total. The smallest absolute Gasteiger partial charge is 0.317 e. The minimum absolute atomic E-state index is 0.328. The summed E-state index contributed by atoms with van der Waals surface area (Å²) < 4.78 is 0. The summed E-state index contributed by atoms with van der Waals surface area (Å²) in [4.78, 5) is 12.3. The van der Waals surface area contributed by atoms with Crippen LogP contribution in [0.25, 0.3) is 0 Å². The second kappa shape index (κ2) is 7.02. The molecule has 0 aromatic heterocycles. The van der Waals surface area contributed by atoms with Crippen LogP contribution in [-0.2, 0) is 11.2 Å². The van der Waals surface area contributed by atoms with Gasteiger partial charge in [-0.25, -0.2) is 0 Å². The molecule has 0 heterocycles. The largest absolute Gasteiger partial charge is 0.480 e. The van der Waals surface area contributed by atoms with Crippen molar-refractivity contribution in [3.05, 3.63) is 64.1 Å². The van der Waals surface area contributed by atoms with E-state index < -0.39 is 11.2 Å². The molecule has 5 heteroatoms. The van der Waals surface area contributed by atoms with Crippen molar-refractivity contribution in [2.24, 2.45) is 0 Å². The maximum Gasteiger partial charge on any atom is 0.317 e. The number of aliphatic carboxylic acids is 1. The molecule has 0 amide bonds. The minimum atomic E-state index is -0.866. The van der Waals surface area contributed by atoms with Gasteiger partial charge in [-0.1, -0.05) is 53.5 Å². The fourth-order valence-electron chi connectivity index (χ4n) is 1.75. The molecule has 104 valence electrons. The van der Waals surface area contributed by atoms with Gasteiger partial charge in [-0.2, -0.15) is 0 Å². The lowest BCUT2D eigenvalue weighted by atomic mass is 10.1. The van der Waals surface area contributed by atoms with Crippen LogP contribution in [0.4, 0.5) is 0 Å². The maximum absolute atomic E-state index is 11.4. The average molecular weight is 327 g/mol. The van der Waals surface area contributed by atoms with Gasteiger partial charge in [0.15, 0.2) is 0 Å². The number of hydrogen-bond donors (Lipinski definition) is 1. The Labute approximate surface area is 131 Å². The molecule has 0 bridgehead atoms. The second-order valence-electron chi connectivity index (χ2n) is 4.17. The van der Waals surface area contributed by atoms with Crippen LogP contribution in [0, 0.1) is 0 Å². The Bertz CT molecular complexity index is 602. The highest BCUT2D eigenvalue weighted by atomic mass is 35.5. The van der Waals surface area contributed by atoms with Gasteiger partial charge in [0, 0.05) is 4.90 Å². The highest BCUT2D eigenvalue weighted by Crippen LogP contribution is 2.31. The minimum Gasteiger partial charge on any atom is -0.480 e. The van der Waals surface area contributed by atoms with Gasteiger partial charge >= 0.3 is 5.97 Å². The van der Waals surface area contributed by atoms with Crippen molar-refractivity contribution in [1.82, 2.24) is 0 Å². The number of benzene rings is 2. The van der Waals surface area contributed by atoms with E-state index in [4.69, 9.17) is 23.2 Å². The van der Waals surface area contributed by atoms with Crippen molar-refractivity contribution < 1.29 is 9.90 Å². The SMILES string of the molecule is O=C(O)[C@@H](Cc1cccc(Cl)c1Cl)Sc1ccccc1. The van der Waals surface area contributed by atoms with Crippen LogP contribution in [-0.4, -0.2) is 16.3 Å². The molecule has 0 radical (unpaired) electrons. The fourth-order valence-corrected chi connectivity index (χ4v) is 3.15. The summed E-state index contributed by atoms with van der Waals surface area (Å²) in [7, 11) is 0. The zero-order valence-electron chi connectivity index (χ0n) is 10.4. The van der Waals surface area contributed by atoms with E-state index in [0.29, 0.717) is 16.5 Å². The quantitative estimate of drug-likeness (QED) is 0.803. The molecular weight excluding hydrogens is 315 g/mol. The van der Waals surface area contributed by atoms with Crippen LogP contribution < -0.4 is 0 Å². The summed E-state index contributed by atoms with van der Waals surface area (Å²) in [6.45, 7) is 0. The molecule has 0 aliphatic rings. The van der Waals surface area contributed by atoms with Crippen molar-refractivity contribution in [2.45, 2.75) is 16.6 Å². The highest BCUT2D eigenvalue weighted by Gasteiger charge is 2.21. The molecule has 0 fully saturated rings. The molecule has 0 aliphatic carbocycles. The molecule has 0 saturated heterocycles. The van der Waals surface area contributed by atoms with Gasteiger partial charge in [-0.3, -0.25) is 4.79 Å². The predicted octanol–water partition coefficient (Wildman–Crippen LogP) is 4.78. The van der Waals surface area contributed by atoms with Crippen molar-refractivity contribution >= 4 is 40.9 Å². The van der Waals surface area contributed by atoms with E-state index in [1.165, 1.54) is 11.8 Å². The number of hydrogen-bond acceptors (Lipinski definition) is 2. The molecule has 0 spiro atoms. The fraction of sp³-hybridized carbons (Fsp3) is 0.133. The lowest BCUT2D eigenvalue weighted by Gasteiger charge is -2.13. The van der Waals surface area contributed by atoms with Crippen LogP contribution in [0.5, 0.6) is 0 Å². The molecule has 20 heavy (non-hydrogen) atoms. The Morgan fingerprint density at radius 1 is 1.10 bits per heavy atom. The van der Waals surface area contributed by atoms with Gasteiger partial charge in [0.25, 0.3) is 0 Å². The first kappa shape index (κ1) is 15.2. The first-order chi connectivity index (χ1) is 9.58. The summed E-state index contributed by atoms with van der Waals surface area (Å²) >= 11 is 13.4. The number of carboxylic acid groups (broad SMARTS) is 1. The van der Waals surface area contributed by atoms with E-state index in [9.17, 15) is 9.90 Å². The normalized spacial score (nSPS) is 12.1. The molecule has 1 atom stereocenters. The third-order valence-electron chi connectivity index (χ3n) is 2.73. The second-order valence-corrected chi connectivity index (χ2v) is 6.24. The number of carboxylic acids is 1. The lowest BCUT2D eigenvalue weighted by molar-refractivity contribution is -0.136. The van der Waals surface area contributed by atoms with Crippen LogP contribution in [0.1, 0.15) is 5.56 Å². The molecule has 0 unspecified atom stereocenters. The van der Waals surface area contributed by atoms with E-state index >= 15 is 0 Å². The van der Waals surface area contributed by atoms with E-state index in [2.05, 4.69) is 0 Å². The Hall–Kier alpha value is -1.16. The van der Waals surface area contributed by atoms with Crippen LogP contribution in [0.15, 0.2) is 53.4 Å². The number of thioether (sulfide) groups is 1. The van der Waals surface area contributed by atoms with Crippen molar-refractivity contribution in [2.75, 3.05) is 0 Å². The summed E-state index contributed by atoms with van der Waals surface area (Å²) in [5.41, 5.74) is 0.745. The highest BCUT2D eigenvalue weighted by molar-refractivity contribution is 8.00. The third-order valence-corrected chi connectivity index (χ3v) is 4.79. The number of halogens is 2. The van der Waals surface area contributed by atoms with Gasteiger partial charge in [-0.05, 0) is 30.2 Å². The topological polar surface area (TPSA) is 37.3 Å².